The maximum absolute atomic E-state index is 5.85. The predicted octanol–water partition coefficient (Wildman–Crippen LogP) is 2.07. The van der Waals surface area contributed by atoms with E-state index in [2.05, 4.69) is 0 Å². The highest BCUT2D eigenvalue weighted by Crippen LogP contribution is 2.34. The minimum absolute atomic E-state index is 0.593. The van der Waals surface area contributed by atoms with Crippen molar-refractivity contribution < 1.29 is 9.47 Å². The van der Waals surface area contributed by atoms with E-state index < -0.39 is 0 Å². The van der Waals surface area contributed by atoms with Crippen LogP contribution in [0.1, 0.15) is 12.8 Å². The van der Waals surface area contributed by atoms with E-state index in [1.807, 2.05) is 18.2 Å². The third kappa shape index (κ3) is 1.92. The van der Waals surface area contributed by atoms with Crippen LogP contribution in [-0.4, -0.2) is 13.7 Å². The van der Waals surface area contributed by atoms with Crippen LogP contribution in [-0.2, 0) is 0 Å². The molecule has 2 rings (SSSR count). The van der Waals surface area contributed by atoms with Gasteiger partial charge in [0.1, 0.15) is 17.2 Å². The van der Waals surface area contributed by atoms with Gasteiger partial charge >= 0.3 is 0 Å². The van der Waals surface area contributed by atoms with Gasteiger partial charge in [-0.15, -0.1) is 0 Å². The lowest BCUT2D eigenvalue weighted by Crippen LogP contribution is -2.02. The minimum atomic E-state index is 0.593. The topological polar surface area (TPSA) is 44.5 Å². The second-order valence-corrected chi connectivity index (χ2v) is 3.63. The maximum Gasteiger partial charge on any atom is 0.146 e. The second-order valence-electron chi connectivity index (χ2n) is 3.63. The first-order valence-electron chi connectivity index (χ1n) is 4.86. The van der Waals surface area contributed by atoms with Gasteiger partial charge in [-0.25, -0.2) is 0 Å². The van der Waals surface area contributed by atoms with Crippen molar-refractivity contribution in [3.63, 3.8) is 0 Å². The van der Waals surface area contributed by atoms with E-state index in [0.717, 1.165) is 18.3 Å². The molecule has 3 nitrogen and oxygen atoms in total. The molecule has 76 valence electrons. The fraction of sp³-hybridized carbons (Fsp3) is 0.455. The molecule has 0 unspecified atom stereocenters. The van der Waals surface area contributed by atoms with Crippen LogP contribution < -0.4 is 15.2 Å². The monoisotopic (exact) mass is 193 g/mol. The average Bonchev–Trinajstić information content (AvgIpc) is 3.00. The molecule has 0 atom stereocenters. The molecule has 1 aromatic carbocycles. The van der Waals surface area contributed by atoms with Gasteiger partial charge < -0.3 is 15.2 Å². The van der Waals surface area contributed by atoms with Crippen LogP contribution in [0.25, 0.3) is 0 Å². The zero-order valence-corrected chi connectivity index (χ0v) is 8.32. The van der Waals surface area contributed by atoms with E-state index in [0.29, 0.717) is 11.4 Å². The van der Waals surface area contributed by atoms with Gasteiger partial charge in [-0.2, -0.15) is 0 Å². The van der Waals surface area contributed by atoms with Crippen LogP contribution >= 0.6 is 0 Å². The number of ether oxygens (including phenoxy) is 2. The lowest BCUT2D eigenvalue weighted by molar-refractivity contribution is 0.299. The molecule has 0 aliphatic heterocycles. The van der Waals surface area contributed by atoms with Gasteiger partial charge in [0, 0.05) is 0 Å². The molecule has 1 aliphatic rings. The van der Waals surface area contributed by atoms with Gasteiger partial charge in [-0.1, -0.05) is 6.07 Å². The molecule has 0 radical (unpaired) electrons. The van der Waals surface area contributed by atoms with Crippen molar-refractivity contribution in [3.8, 4) is 11.5 Å². The molecule has 0 amide bonds. The molecular formula is C11H15NO2. The first-order chi connectivity index (χ1) is 6.81. The lowest BCUT2D eigenvalue weighted by Gasteiger charge is -2.10. The molecule has 1 aromatic rings. The summed E-state index contributed by atoms with van der Waals surface area (Å²) in [6, 6.07) is 5.59. The Morgan fingerprint density at radius 3 is 2.71 bits per heavy atom. The standard InChI is InChI=1S/C11H15NO2/c1-13-9-3-2-4-10(11(9)12)14-7-8-5-6-8/h2-4,8H,5-7,12H2,1H3. The molecule has 3 heteroatoms. The summed E-state index contributed by atoms with van der Waals surface area (Å²) in [5, 5.41) is 0. The number of rotatable bonds is 4. The maximum atomic E-state index is 5.85. The fourth-order valence-corrected chi connectivity index (χ4v) is 1.32. The van der Waals surface area contributed by atoms with Gasteiger partial charge in [-0.05, 0) is 30.9 Å². The van der Waals surface area contributed by atoms with E-state index >= 15 is 0 Å². The van der Waals surface area contributed by atoms with Crippen molar-refractivity contribution in [3.05, 3.63) is 18.2 Å². The Morgan fingerprint density at radius 2 is 2.07 bits per heavy atom. The summed E-state index contributed by atoms with van der Waals surface area (Å²) in [6.45, 7) is 0.775. The van der Waals surface area contributed by atoms with Crippen molar-refractivity contribution >= 4 is 5.69 Å². The molecule has 1 saturated carbocycles. The summed E-state index contributed by atoms with van der Waals surface area (Å²) in [5.74, 6) is 2.15. The molecule has 0 bridgehead atoms. The smallest absolute Gasteiger partial charge is 0.146 e. The number of hydrogen-bond donors (Lipinski definition) is 1. The van der Waals surface area contributed by atoms with E-state index in [4.69, 9.17) is 15.2 Å². The zero-order chi connectivity index (χ0) is 9.97. The minimum Gasteiger partial charge on any atom is -0.494 e. The fourth-order valence-electron chi connectivity index (χ4n) is 1.32. The number of methoxy groups -OCH3 is 1. The van der Waals surface area contributed by atoms with Crippen LogP contribution in [0, 0.1) is 5.92 Å². The number of benzene rings is 1. The molecule has 0 spiro atoms. The van der Waals surface area contributed by atoms with E-state index in [9.17, 15) is 0 Å². The highest BCUT2D eigenvalue weighted by molar-refractivity contribution is 5.62. The van der Waals surface area contributed by atoms with Crippen LogP contribution in [0.15, 0.2) is 18.2 Å². The Bertz CT molecular complexity index is 321. The van der Waals surface area contributed by atoms with Gasteiger partial charge in [-0.3, -0.25) is 0 Å². The Kier molecular flexibility index (Phi) is 2.48. The van der Waals surface area contributed by atoms with Crippen LogP contribution in [0.5, 0.6) is 11.5 Å². The van der Waals surface area contributed by atoms with Gasteiger partial charge in [0.25, 0.3) is 0 Å². The Balaban J connectivity index is 2.06. The molecule has 1 aliphatic carbocycles. The van der Waals surface area contributed by atoms with Gasteiger partial charge in [0.05, 0.1) is 13.7 Å². The third-order valence-electron chi connectivity index (χ3n) is 2.42. The van der Waals surface area contributed by atoms with Crippen LogP contribution in [0.4, 0.5) is 5.69 Å². The Hall–Kier alpha value is -1.38. The first-order valence-corrected chi connectivity index (χ1v) is 4.86. The SMILES string of the molecule is COc1cccc(OCC2CC2)c1N. The largest absolute Gasteiger partial charge is 0.494 e. The summed E-state index contributed by atoms with van der Waals surface area (Å²) in [6.07, 6.45) is 2.56. The van der Waals surface area contributed by atoms with E-state index in [1.165, 1.54) is 12.8 Å². The zero-order valence-electron chi connectivity index (χ0n) is 8.32. The molecule has 0 aromatic heterocycles. The van der Waals surface area contributed by atoms with Crippen molar-refractivity contribution in [2.24, 2.45) is 5.92 Å². The predicted molar refractivity (Wildman–Crippen MR) is 55.6 cm³/mol. The first kappa shape index (κ1) is 9.19. The molecular weight excluding hydrogens is 178 g/mol. The number of hydrogen-bond acceptors (Lipinski definition) is 3. The van der Waals surface area contributed by atoms with Crippen molar-refractivity contribution in [2.45, 2.75) is 12.8 Å². The summed E-state index contributed by atoms with van der Waals surface area (Å²) in [7, 11) is 1.61. The number of nitrogen functional groups attached to an aromatic ring is 1. The molecule has 1 fully saturated rings. The normalized spacial score (nSPS) is 15.2. The van der Waals surface area contributed by atoms with Crippen molar-refractivity contribution in [2.75, 3.05) is 19.5 Å². The van der Waals surface area contributed by atoms with E-state index in [-0.39, 0.29) is 0 Å². The number of anilines is 1. The molecule has 14 heavy (non-hydrogen) atoms. The summed E-state index contributed by atoms with van der Waals surface area (Å²) in [4.78, 5) is 0. The van der Waals surface area contributed by atoms with Crippen molar-refractivity contribution in [1.82, 2.24) is 0 Å². The van der Waals surface area contributed by atoms with E-state index in [1.54, 1.807) is 7.11 Å². The van der Waals surface area contributed by atoms with Crippen LogP contribution in [0.2, 0.25) is 0 Å². The second kappa shape index (κ2) is 3.78. The van der Waals surface area contributed by atoms with Gasteiger partial charge in [0.2, 0.25) is 0 Å². The lowest BCUT2D eigenvalue weighted by atomic mass is 10.3. The third-order valence-corrected chi connectivity index (χ3v) is 2.42. The highest BCUT2D eigenvalue weighted by atomic mass is 16.5. The summed E-state index contributed by atoms with van der Waals surface area (Å²) in [5.41, 5.74) is 6.44. The average molecular weight is 193 g/mol. The Labute approximate surface area is 83.8 Å². The highest BCUT2D eigenvalue weighted by Gasteiger charge is 2.22. The number of nitrogens with two attached hydrogens (primary N) is 1. The summed E-state index contributed by atoms with van der Waals surface area (Å²) < 4.78 is 10.7. The molecule has 0 saturated heterocycles. The number of para-hydroxylation sites is 1. The van der Waals surface area contributed by atoms with Crippen LogP contribution in [0.3, 0.4) is 0 Å². The molecule has 2 N–H and O–H groups in total. The Morgan fingerprint density at radius 1 is 1.36 bits per heavy atom. The molecule has 0 heterocycles. The van der Waals surface area contributed by atoms with Crippen molar-refractivity contribution in [1.29, 1.82) is 0 Å². The quantitative estimate of drug-likeness (QED) is 0.744. The van der Waals surface area contributed by atoms with Gasteiger partial charge in [0.15, 0.2) is 0 Å². The summed E-state index contributed by atoms with van der Waals surface area (Å²) >= 11 is 0.